The summed E-state index contributed by atoms with van der Waals surface area (Å²) in [7, 11) is 0. The zero-order valence-electron chi connectivity index (χ0n) is 24.6. The fraction of sp³-hybridized carbons (Fsp3) is 0.333. The number of rotatable bonds is 17. The van der Waals surface area contributed by atoms with E-state index in [2.05, 4.69) is 30.9 Å². The maximum absolute atomic E-state index is 13.6. The van der Waals surface area contributed by atoms with E-state index in [-0.39, 0.29) is 43.9 Å². The Morgan fingerprint density at radius 1 is 0.822 bits per heavy atom. The first-order chi connectivity index (χ1) is 21.5. The third kappa shape index (κ3) is 11.6. The van der Waals surface area contributed by atoms with E-state index in [0.29, 0.717) is 23.2 Å². The number of hydrogen-bond donors (Lipinski definition) is 9. The van der Waals surface area contributed by atoms with E-state index in [1.165, 1.54) is 24.7 Å². The van der Waals surface area contributed by atoms with Crippen LogP contribution in [0.25, 0.3) is 0 Å². The highest BCUT2D eigenvalue weighted by atomic mass is 16.4. The summed E-state index contributed by atoms with van der Waals surface area (Å²) >= 11 is 0. The molecule has 12 N–H and O–H groups in total. The number of guanidine groups is 1. The summed E-state index contributed by atoms with van der Waals surface area (Å²) in [5.74, 6) is -3.36. The highest BCUT2D eigenvalue weighted by molar-refractivity contribution is 5.94. The second kappa shape index (κ2) is 17.0. The molecule has 3 amide bonds. The van der Waals surface area contributed by atoms with Crippen molar-refractivity contribution in [2.24, 2.45) is 22.2 Å². The number of imidazole rings is 1. The summed E-state index contributed by atoms with van der Waals surface area (Å²) in [6.07, 6.45) is 3.41. The van der Waals surface area contributed by atoms with E-state index in [1.54, 1.807) is 42.5 Å². The van der Waals surface area contributed by atoms with Crippen molar-refractivity contribution in [3.05, 3.63) is 83.9 Å². The first kappa shape index (κ1) is 34.1. The van der Waals surface area contributed by atoms with Crippen LogP contribution in [-0.2, 0) is 38.4 Å². The van der Waals surface area contributed by atoms with Gasteiger partial charge in [-0.05, 0) is 42.5 Å². The van der Waals surface area contributed by atoms with Gasteiger partial charge in [0.2, 0.25) is 17.7 Å². The molecule has 240 valence electrons. The topological polar surface area (TPSA) is 264 Å². The van der Waals surface area contributed by atoms with Crippen molar-refractivity contribution in [1.82, 2.24) is 25.9 Å². The Kier molecular flexibility index (Phi) is 12.9. The van der Waals surface area contributed by atoms with Crippen molar-refractivity contribution in [2.45, 2.75) is 56.3 Å². The van der Waals surface area contributed by atoms with Gasteiger partial charge >= 0.3 is 5.97 Å². The van der Waals surface area contributed by atoms with Crippen molar-refractivity contribution in [1.29, 1.82) is 0 Å². The van der Waals surface area contributed by atoms with Gasteiger partial charge < -0.3 is 48.3 Å². The fourth-order valence-electron chi connectivity index (χ4n) is 4.45. The zero-order chi connectivity index (χ0) is 32.8. The molecule has 0 aliphatic heterocycles. The number of nitrogens with one attached hydrogen (secondary N) is 4. The summed E-state index contributed by atoms with van der Waals surface area (Å²) in [4.78, 5) is 62.8. The molecule has 3 rings (SSSR count). The maximum Gasteiger partial charge on any atom is 0.326 e. The number of phenolic OH excluding ortho intramolecular Hbond substituents is 1. The number of H-pyrrole nitrogens is 1. The molecule has 4 unspecified atom stereocenters. The first-order valence-corrected chi connectivity index (χ1v) is 14.3. The Labute approximate surface area is 259 Å². The van der Waals surface area contributed by atoms with Crippen molar-refractivity contribution < 1.29 is 29.4 Å². The molecule has 1 heterocycles. The van der Waals surface area contributed by atoms with Gasteiger partial charge in [0.05, 0.1) is 12.4 Å². The van der Waals surface area contributed by atoms with Crippen molar-refractivity contribution >= 4 is 29.7 Å². The minimum Gasteiger partial charge on any atom is -0.508 e. The van der Waals surface area contributed by atoms with Crippen molar-refractivity contribution in [2.75, 3.05) is 6.54 Å². The maximum atomic E-state index is 13.6. The summed E-state index contributed by atoms with van der Waals surface area (Å²) < 4.78 is 0. The number of carboxylic acids is 1. The Morgan fingerprint density at radius 3 is 2.07 bits per heavy atom. The number of aliphatic carboxylic acids is 1. The molecule has 0 aliphatic carbocycles. The molecule has 2 aromatic carbocycles. The number of hydrogen-bond acceptors (Lipinski definition) is 8. The molecular weight excluding hydrogens is 582 g/mol. The minimum absolute atomic E-state index is 0.0228. The van der Waals surface area contributed by atoms with E-state index in [9.17, 15) is 29.4 Å². The predicted molar refractivity (Wildman–Crippen MR) is 166 cm³/mol. The zero-order valence-corrected chi connectivity index (χ0v) is 24.6. The van der Waals surface area contributed by atoms with Gasteiger partial charge in [-0.25, -0.2) is 9.78 Å². The summed E-state index contributed by atoms with van der Waals surface area (Å²) in [6.45, 7) is 0.180. The Hall–Kier alpha value is -5.44. The van der Waals surface area contributed by atoms with E-state index in [1.807, 2.05) is 0 Å². The number of benzene rings is 2. The Morgan fingerprint density at radius 2 is 1.44 bits per heavy atom. The molecule has 0 bridgehead atoms. The van der Waals surface area contributed by atoms with Crippen LogP contribution < -0.4 is 33.2 Å². The van der Waals surface area contributed by atoms with E-state index in [4.69, 9.17) is 17.2 Å². The number of carboxylic acid groups (broad SMARTS) is 1. The van der Waals surface area contributed by atoms with E-state index in [0.717, 1.165) is 0 Å². The highest BCUT2D eigenvalue weighted by Gasteiger charge is 2.31. The van der Waals surface area contributed by atoms with Gasteiger partial charge in [-0.1, -0.05) is 42.5 Å². The summed E-state index contributed by atoms with van der Waals surface area (Å²) in [5.41, 5.74) is 18.8. The van der Waals surface area contributed by atoms with Crippen LogP contribution in [0.4, 0.5) is 0 Å². The van der Waals surface area contributed by atoms with Crippen LogP contribution in [0.15, 0.2) is 72.1 Å². The van der Waals surface area contributed by atoms with Crippen LogP contribution in [0.1, 0.15) is 29.7 Å². The number of carbonyl (C=O) groups excluding carboxylic acids is 3. The van der Waals surface area contributed by atoms with Gasteiger partial charge in [0, 0.05) is 31.3 Å². The van der Waals surface area contributed by atoms with Crippen LogP contribution in [0.5, 0.6) is 5.75 Å². The predicted octanol–water partition coefficient (Wildman–Crippen LogP) is -0.937. The molecule has 0 saturated heterocycles. The average molecular weight is 622 g/mol. The number of aromatic hydroxyl groups is 1. The van der Waals surface area contributed by atoms with Gasteiger partial charge in [-0.15, -0.1) is 0 Å². The van der Waals surface area contributed by atoms with Crippen molar-refractivity contribution in [3.8, 4) is 5.75 Å². The van der Waals surface area contributed by atoms with Crippen molar-refractivity contribution in [3.63, 3.8) is 0 Å². The number of aliphatic imine (C=N–C) groups is 1. The van der Waals surface area contributed by atoms with E-state index >= 15 is 0 Å². The number of phenols is 1. The summed E-state index contributed by atoms with van der Waals surface area (Å²) in [5, 5.41) is 27.1. The molecule has 0 fully saturated rings. The molecule has 15 heteroatoms. The number of nitrogens with zero attached hydrogens (tertiary/aromatic N) is 2. The standard InChI is InChI=1S/C30H39N9O6/c31-22(13-19-8-10-21(40)11-9-19)26(41)37-23(7-4-12-35-30(32)33)27(42)38-24(15-20-16-34-17-36-20)28(43)39-25(29(44)45)14-18-5-2-1-3-6-18/h1-3,5-6,8-11,16-17,22-25,40H,4,7,12-15,31H2,(H,34,36)(H,37,41)(H,38,42)(H,39,43)(H,44,45)(H4,32,33,35). The lowest BCUT2D eigenvalue weighted by molar-refractivity contribution is -0.142. The van der Waals surface area contributed by atoms with Crippen LogP contribution >= 0.6 is 0 Å². The number of aromatic nitrogens is 2. The minimum atomic E-state index is -1.27. The molecule has 0 saturated carbocycles. The number of amides is 3. The SMILES string of the molecule is NC(N)=NCCCC(NC(=O)C(N)Cc1ccc(O)cc1)C(=O)NC(Cc1cnc[nH]1)C(=O)NC(Cc1ccccc1)C(=O)O. The number of aromatic amines is 1. The second-order valence-corrected chi connectivity index (χ2v) is 10.4. The van der Waals surface area contributed by atoms with Crippen LogP contribution in [0.3, 0.4) is 0 Å². The Bertz CT molecular complexity index is 1430. The molecular formula is C30H39N9O6. The molecule has 45 heavy (non-hydrogen) atoms. The Balaban J connectivity index is 1.76. The third-order valence-corrected chi connectivity index (χ3v) is 6.82. The number of carbonyl (C=O) groups is 4. The lowest BCUT2D eigenvalue weighted by Crippen LogP contribution is -2.58. The second-order valence-electron chi connectivity index (χ2n) is 10.4. The normalized spacial score (nSPS) is 13.4. The quantitative estimate of drug-likeness (QED) is 0.0507. The molecule has 3 aromatic rings. The van der Waals surface area contributed by atoms with Crippen LogP contribution in [-0.4, -0.2) is 80.5 Å². The smallest absolute Gasteiger partial charge is 0.326 e. The van der Waals surface area contributed by atoms with Gasteiger partial charge in [-0.3, -0.25) is 19.4 Å². The summed E-state index contributed by atoms with van der Waals surface area (Å²) in [6, 6.07) is 10.3. The molecule has 0 radical (unpaired) electrons. The van der Waals surface area contributed by atoms with Gasteiger partial charge in [0.25, 0.3) is 0 Å². The average Bonchev–Trinajstić information content (AvgIpc) is 3.52. The van der Waals surface area contributed by atoms with Gasteiger partial charge in [0.15, 0.2) is 5.96 Å². The van der Waals surface area contributed by atoms with Crippen LogP contribution in [0, 0.1) is 0 Å². The first-order valence-electron chi connectivity index (χ1n) is 14.3. The molecule has 1 aromatic heterocycles. The lowest BCUT2D eigenvalue weighted by atomic mass is 10.0. The van der Waals surface area contributed by atoms with Gasteiger partial charge in [0.1, 0.15) is 23.9 Å². The molecule has 15 nitrogen and oxygen atoms in total. The number of nitrogens with two attached hydrogens (primary N) is 3. The highest BCUT2D eigenvalue weighted by Crippen LogP contribution is 2.12. The molecule has 4 atom stereocenters. The van der Waals surface area contributed by atoms with Gasteiger partial charge in [-0.2, -0.15) is 0 Å². The monoisotopic (exact) mass is 621 g/mol. The third-order valence-electron chi connectivity index (χ3n) is 6.82. The van der Waals surface area contributed by atoms with Crippen LogP contribution in [0.2, 0.25) is 0 Å². The fourth-order valence-corrected chi connectivity index (χ4v) is 4.45. The molecule has 0 spiro atoms. The lowest BCUT2D eigenvalue weighted by Gasteiger charge is -2.25. The largest absolute Gasteiger partial charge is 0.508 e. The molecule has 0 aliphatic rings. The van der Waals surface area contributed by atoms with E-state index < -0.39 is 47.9 Å².